The van der Waals surface area contributed by atoms with E-state index in [0.29, 0.717) is 12.0 Å². The van der Waals surface area contributed by atoms with Crippen LogP contribution in [0.15, 0.2) is 18.2 Å². The highest BCUT2D eigenvalue weighted by Crippen LogP contribution is 2.33. The fourth-order valence-corrected chi connectivity index (χ4v) is 2.50. The topological polar surface area (TPSA) is 12.0 Å². The molecular weight excluding hydrogens is 189 g/mol. The van der Waals surface area contributed by atoms with Crippen LogP contribution in [0.1, 0.15) is 37.4 Å². The van der Waals surface area contributed by atoms with E-state index in [9.17, 15) is 4.39 Å². The molecule has 1 aliphatic carbocycles. The predicted molar refractivity (Wildman–Crippen MR) is 60.3 cm³/mol. The van der Waals surface area contributed by atoms with Crippen LogP contribution in [-0.4, -0.2) is 6.54 Å². The van der Waals surface area contributed by atoms with E-state index in [-0.39, 0.29) is 5.82 Å². The molecule has 0 heterocycles. The van der Waals surface area contributed by atoms with Gasteiger partial charge in [0.05, 0.1) is 0 Å². The van der Waals surface area contributed by atoms with Crippen LogP contribution in [0.25, 0.3) is 0 Å². The van der Waals surface area contributed by atoms with Crippen LogP contribution in [0, 0.1) is 11.7 Å². The van der Waals surface area contributed by atoms with Crippen LogP contribution in [0.5, 0.6) is 0 Å². The lowest BCUT2D eigenvalue weighted by Gasteiger charge is -2.30. The summed E-state index contributed by atoms with van der Waals surface area (Å²) in [6.07, 6.45) is 2.20. The van der Waals surface area contributed by atoms with E-state index in [2.05, 4.69) is 19.2 Å². The normalized spacial score (nSPS) is 25.0. The number of hydrogen-bond acceptors (Lipinski definition) is 1. The van der Waals surface area contributed by atoms with Crippen molar-refractivity contribution < 1.29 is 4.39 Å². The molecule has 1 aliphatic rings. The summed E-state index contributed by atoms with van der Waals surface area (Å²) in [5, 5.41) is 3.43. The molecule has 0 fully saturated rings. The Balaban J connectivity index is 2.34. The van der Waals surface area contributed by atoms with Gasteiger partial charge < -0.3 is 5.32 Å². The second-order valence-corrected chi connectivity index (χ2v) is 4.50. The molecule has 0 radical (unpaired) electrons. The number of nitrogens with one attached hydrogen (secondary N) is 1. The van der Waals surface area contributed by atoms with Gasteiger partial charge in [-0.1, -0.05) is 19.9 Å². The second kappa shape index (κ2) is 4.31. The molecule has 15 heavy (non-hydrogen) atoms. The van der Waals surface area contributed by atoms with E-state index in [0.717, 1.165) is 24.9 Å². The van der Waals surface area contributed by atoms with Crippen LogP contribution in [0.4, 0.5) is 4.39 Å². The van der Waals surface area contributed by atoms with E-state index in [1.165, 1.54) is 5.56 Å². The van der Waals surface area contributed by atoms with E-state index in [4.69, 9.17) is 0 Å². The quantitative estimate of drug-likeness (QED) is 0.786. The summed E-state index contributed by atoms with van der Waals surface area (Å²) in [5.74, 6) is 0.568. The molecule has 2 unspecified atom stereocenters. The molecule has 0 saturated carbocycles. The maximum atomic E-state index is 13.2. The van der Waals surface area contributed by atoms with Gasteiger partial charge in [0.15, 0.2) is 0 Å². The fraction of sp³-hybridized carbons (Fsp3) is 0.538. The zero-order chi connectivity index (χ0) is 10.8. The molecule has 0 aromatic heterocycles. The Hall–Kier alpha value is -0.890. The minimum Gasteiger partial charge on any atom is -0.310 e. The van der Waals surface area contributed by atoms with Gasteiger partial charge in [0.1, 0.15) is 5.82 Å². The van der Waals surface area contributed by atoms with E-state index in [1.54, 1.807) is 12.1 Å². The maximum Gasteiger partial charge on any atom is 0.123 e. The summed E-state index contributed by atoms with van der Waals surface area (Å²) < 4.78 is 13.2. The third-order valence-electron chi connectivity index (χ3n) is 3.14. The van der Waals surface area contributed by atoms with Crippen molar-refractivity contribution in [1.29, 1.82) is 0 Å². The lowest BCUT2D eigenvalue weighted by Crippen LogP contribution is -2.28. The van der Waals surface area contributed by atoms with Crippen LogP contribution in [0.2, 0.25) is 0 Å². The molecule has 82 valence electrons. The molecule has 0 saturated heterocycles. The lowest BCUT2D eigenvalue weighted by molar-refractivity contribution is 0.385. The van der Waals surface area contributed by atoms with Gasteiger partial charge >= 0.3 is 0 Å². The lowest BCUT2D eigenvalue weighted by atomic mass is 9.81. The summed E-state index contributed by atoms with van der Waals surface area (Å²) in [6, 6.07) is 5.53. The smallest absolute Gasteiger partial charge is 0.123 e. The largest absolute Gasteiger partial charge is 0.310 e. The summed E-state index contributed by atoms with van der Waals surface area (Å²) in [7, 11) is 0. The molecule has 1 N–H and O–H groups in total. The zero-order valence-electron chi connectivity index (χ0n) is 9.39. The molecule has 2 heteroatoms. The minimum absolute atomic E-state index is 0.119. The molecule has 2 atom stereocenters. The summed E-state index contributed by atoms with van der Waals surface area (Å²) in [6.45, 7) is 5.29. The monoisotopic (exact) mass is 207 g/mol. The first-order valence-corrected chi connectivity index (χ1v) is 5.72. The van der Waals surface area contributed by atoms with Gasteiger partial charge in [-0.2, -0.15) is 0 Å². The third-order valence-corrected chi connectivity index (χ3v) is 3.14. The first kappa shape index (κ1) is 10.6. The molecule has 1 aromatic rings. The van der Waals surface area contributed by atoms with Crippen molar-refractivity contribution in [1.82, 2.24) is 5.32 Å². The zero-order valence-corrected chi connectivity index (χ0v) is 9.39. The van der Waals surface area contributed by atoms with Crippen LogP contribution >= 0.6 is 0 Å². The Morgan fingerprint density at radius 1 is 1.47 bits per heavy atom. The average Bonchev–Trinajstić information content (AvgIpc) is 2.19. The van der Waals surface area contributed by atoms with Gasteiger partial charge in [-0.15, -0.1) is 0 Å². The number of benzene rings is 1. The third kappa shape index (κ3) is 2.20. The molecule has 0 bridgehead atoms. The Bertz CT molecular complexity index is 348. The van der Waals surface area contributed by atoms with Crippen molar-refractivity contribution in [2.45, 2.75) is 32.7 Å². The highest BCUT2D eigenvalue weighted by Gasteiger charge is 2.23. The summed E-state index contributed by atoms with van der Waals surface area (Å²) >= 11 is 0. The van der Waals surface area contributed by atoms with E-state index >= 15 is 0 Å². The number of halogens is 1. The number of rotatable bonds is 2. The summed E-state index contributed by atoms with van der Waals surface area (Å²) in [4.78, 5) is 0. The first-order valence-electron chi connectivity index (χ1n) is 5.72. The van der Waals surface area contributed by atoms with E-state index < -0.39 is 0 Å². The average molecular weight is 207 g/mol. The molecule has 0 aliphatic heterocycles. The van der Waals surface area contributed by atoms with Crippen LogP contribution < -0.4 is 5.32 Å². The van der Waals surface area contributed by atoms with Gasteiger partial charge in [0, 0.05) is 6.04 Å². The first-order chi connectivity index (χ1) is 7.20. The predicted octanol–water partition coefficient (Wildman–Crippen LogP) is 3.06. The highest BCUT2D eigenvalue weighted by atomic mass is 19.1. The van der Waals surface area contributed by atoms with Crippen molar-refractivity contribution in [3.63, 3.8) is 0 Å². The van der Waals surface area contributed by atoms with Gasteiger partial charge in [0.2, 0.25) is 0 Å². The molecule has 0 amide bonds. The number of hydrogen-bond donors (Lipinski definition) is 1. The second-order valence-electron chi connectivity index (χ2n) is 4.50. The summed E-state index contributed by atoms with van der Waals surface area (Å²) in [5.41, 5.74) is 2.47. The van der Waals surface area contributed by atoms with Gasteiger partial charge in [-0.25, -0.2) is 4.39 Å². The molecule has 0 spiro atoms. The number of fused-ring (bicyclic) bond motifs is 1. The minimum atomic E-state index is -0.119. The van der Waals surface area contributed by atoms with Gasteiger partial charge in [-0.3, -0.25) is 0 Å². The molecule has 2 rings (SSSR count). The Labute approximate surface area is 90.7 Å². The SMILES string of the molecule is CCNC1CC(C)Cc2ccc(F)cc21. The van der Waals surface area contributed by atoms with Crippen molar-refractivity contribution in [2.24, 2.45) is 5.92 Å². The Morgan fingerprint density at radius 2 is 2.27 bits per heavy atom. The van der Waals surface area contributed by atoms with Crippen LogP contribution in [0.3, 0.4) is 0 Å². The fourth-order valence-electron chi connectivity index (χ4n) is 2.50. The standard InChI is InChI=1S/C13H18FN/c1-3-15-13-7-9(2)6-10-4-5-11(14)8-12(10)13/h4-5,8-9,13,15H,3,6-7H2,1-2H3. The van der Waals surface area contributed by atoms with E-state index in [1.807, 2.05) is 6.07 Å². The van der Waals surface area contributed by atoms with Gasteiger partial charge in [-0.05, 0) is 48.6 Å². The van der Waals surface area contributed by atoms with Crippen molar-refractivity contribution >= 4 is 0 Å². The van der Waals surface area contributed by atoms with Crippen molar-refractivity contribution in [2.75, 3.05) is 6.54 Å². The van der Waals surface area contributed by atoms with Gasteiger partial charge in [0.25, 0.3) is 0 Å². The maximum absolute atomic E-state index is 13.2. The Morgan fingerprint density at radius 3 is 3.00 bits per heavy atom. The molecule has 1 aromatic carbocycles. The van der Waals surface area contributed by atoms with Crippen molar-refractivity contribution in [3.05, 3.63) is 35.1 Å². The molecular formula is C13H18FN. The highest BCUT2D eigenvalue weighted by molar-refractivity contribution is 5.33. The van der Waals surface area contributed by atoms with Crippen LogP contribution in [-0.2, 0) is 6.42 Å². The van der Waals surface area contributed by atoms with Crippen molar-refractivity contribution in [3.8, 4) is 0 Å². The Kier molecular flexibility index (Phi) is 3.06. The molecule has 1 nitrogen and oxygen atoms in total.